The predicted molar refractivity (Wildman–Crippen MR) is 39.8 cm³/mol. The summed E-state index contributed by atoms with van der Waals surface area (Å²) in [6.07, 6.45) is -0.905. The fourth-order valence-corrected chi connectivity index (χ4v) is 0.444. The largest absolute Gasteiger partial charge is 0.394 e. The zero-order valence-corrected chi connectivity index (χ0v) is 6.45. The van der Waals surface area contributed by atoms with Crippen molar-refractivity contribution in [2.45, 2.75) is 19.1 Å². The Balaban J connectivity index is 3.46. The lowest BCUT2D eigenvalue weighted by Gasteiger charge is -2.10. The van der Waals surface area contributed by atoms with Gasteiger partial charge in [0.05, 0.1) is 18.8 Å². The molecule has 0 aromatic rings. The molecule has 0 saturated heterocycles. The number of carbonyl (C=O) groups excluding carboxylic acids is 1. The standard InChI is InChI=1S/C6H14N2O3/c1-4(7)6(11)8-2-5(10)3-9/h4-5,9-10H,2-3,7H2,1H3,(H,8,11)/t4-,5?/m1/s1. The van der Waals surface area contributed by atoms with E-state index >= 15 is 0 Å². The first-order valence-electron chi connectivity index (χ1n) is 3.40. The normalized spacial score (nSPS) is 15.6. The lowest BCUT2D eigenvalue weighted by molar-refractivity contribution is -0.122. The van der Waals surface area contributed by atoms with Crippen molar-refractivity contribution in [1.29, 1.82) is 0 Å². The molecule has 0 bridgehead atoms. The summed E-state index contributed by atoms with van der Waals surface area (Å²) in [6, 6.07) is -0.583. The van der Waals surface area contributed by atoms with Crippen molar-refractivity contribution in [3.8, 4) is 0 Å². The summed E-state index contributed by atoms with van der Waals surface area (Å²) < 4.78 is 0. The fraction of sp³-hybridized carbons (Fsp3) is 0.833. The number of carbonyl (C=O) groups is 1. The molecule has 0 rings (SSSR count). The number of hydrogen-bond acceptors (Lipinski definition) is 4. The number of nitrogens with two attached hydrogens (primary N) is 1. The van der Waals surface area contributed by atoms with Gasteiger partial charge in [0.25, 0.3) is 0 Å². The predicted octanol–water partition coefficient (Wildman–Crippen LogP) is -2.20. The van der Waals surface area contributed by atoms with Crippen LogP contribution in [0.15, 0.2) is 0 Å². The van der Waals surface area contributed by atoms with Crippen LogP contribution in [-0.2, 0) is 4.79 Å². The average Bonchev–Trinajstić information content (AvgIpc) is 1.99. The second-order valence-electron chi connectivity index (χ2n) is 2.37. The molecule has 66 valence electrons. The van der Waals surface area contributed by atoms with E-state index in [4.69, 9.17) is 15.9 Å². The Morgan fingerprint density at radius 1 is 1.73 bits per heavy atom. The molecule has 0 heterocycles. The minimum absolute atomic E-state index is 0.0386. The number of amides is 1. The first kappa shape index (κ1) is 10.3. The smallest absolute Gasteiger partial charge is 0.236 e. The van der Waals surface area contributed by atoms with E-state index in [0.717, 1.165) is 0 Å². The zero-order chi connectivity index (χ0) is 8.85. The number of aliphatic hydroxyl groups excluding tert-OH is 2. The van der Waals surface area contributed by atoms with Crippen LogP contribution in [0.1, 0.15) is 6.92 Å². The van der Waals surface area contributed by atoms with E-state index < -0.39 is 12.1 Å². The molecule has 5 heteroatoms. The van der Waals surface area contributed by atoms with Gasteiger partial charge in [-0.05, 0) is 6.92 Å². The van der Waals surface area contributed by atoms with Crippen LogP contribution < -0.4 is 11.1 Å². The SMILES string of the molecule is C[C@@H](N)C(=O)NCC(O)CO. The molecule has 0 spiro atoms. The van der Waals surface area contributed by atoms with Gasteiger partial charge in [-0.15, -0.1) is 0 Å². The van der Waals surface area contributed by atoms with Gasteiger partial charge in [0, 0.05) is 6.54 Å². The molecular formula is C6H14N2O3. The highest BCUT2D eigenvalue weighted by Crippen LogP contribution is 1.79. The molecular weight excluding hydrogens is 148 g/mol. The van der Waals surface area contributed by atoms with Crippen molar-refractivity contribution in [3.05, 3.63) is 0 Å². The van der Waals surface area contributed by atoms with Crippen LogP contribution in [0, 0.1) is 0 Å². The van der Waals surface area contributed by atoms with Crippen LogP contribution in [0.25, 0.3) is 0 Å². The number of hydrogen-bond donors (Lipinski definition) is 4. The molecule has 0 aromatic carbocycles. The summed E-state index contributed by atoms with van der Waals surface area (Å²) in [5.41, 5.74) is 5.21. The van der Waals surface area contributed by atoms with E-state index in [1.54, 1.807) is 6.92 Å². The first-order valence-corrected chi connectivity index (χ1v) is 3.40. The lowest BCUT2D eigenvalue weighted by Crippen LogP contribution is -2.42. The van der Waals surface area contributed by atoms with Crippen molar-refractivity contribution < 1.29 is 15.0 Å². The average molecular weight is 162 g/mol. The maximum Gasteiger partial charge on any atom is 0.236 e. The molecule has 0 aliphatic carbocycles. The lowest BCUT2D eigenvalue weighted by atomic mass is 10.3. The molecule has 0 aliphatic rings. The summed E-state index contributed by atoms with van der Waals surface area (Å²) in [6.45, 7) is 1.22. The topological polar surface area (TPSA) is 95.6 Å². The van der Waals surface area contributed by atoms with Gasteiger partial charge in [-0.1, -0.05) is 0 Å². The fourth-order valence-electron chi connectivity index (χ4n) is 0.444. The Morgan fingerprint density at radius 3 is 2.64 bits per heavy atom. The van der Waals surface area contributed by atoms with Gasteiger partial charge in [-0.2, -0.15) is 0 Å². The maximum atomic E-state index is 10.7. The van der Waals surface area contributed by atoms with Crippen LogP contribution in [0.3, 0.4) is 0 Å². The van der Waals surface area contributed by atoms with E-state index in [2.05, 4.69) is 5.32 Å². The Bertz CT molecular complexity index is 127. The van der Waals surface area contributed by atoms with Crippen molar-refractivity contribution in [3.63, 3.8) is 0 Å². The van der Waals surface area contributed by atoms with Crippen LogP contribution >= 0.6 is 0 Å². The Kier molecular flexibility index (Phi) is 4.76. The monoisotopic (exact) mass is 162 g/mol. The number of rotatable bonds is 4. The first-order chi connectivity index (χ1) is 5.07. The van der Waals surface area contributed by atoms with Crippen LogP contribution in [0.2, 0.25) is 0 Å². The second-order valence-corrected chi connectivity index (χ2v) is 2.37. The van der Waals surface area contributed by atoms with Crippen LogP contribution in [0.5, 0.6) is 0 Å². The minimum atomic E-state index is -0.905. The van der Waals surface area contributed by atoms with E-state index in [-0.39, 0.29) is 19.1 Å². The third-order valence-electron chi connectivity index (χ3n) is 1.14. The van der Waals surface area contributed by atoms with Gasteiger partial charge in [-0.3, -0.25) is 4.79 Å². The Labute approximate surface area is 65.2 Å². The molecule has 5 N–H and O–H groups in total. The van der Waals surface area contributed by atoms with Gasteiger partial charge >= 0.3 is 0 Å². The molecule has 2 atom stereocenters. The summed E-state index contributed by atoms with van der Waals surface area (Å²) in [4.78, 5) is 10.7. The molecule has 1 amide bonds. The third-order valence-corrected chi connectivity index (χ3v) is 1.14. The van der Waals surface area contributed by atoms with E-state index in [0.29, 0.717) is 0 Å². The summed E-state index contributed by atoms with van der Waals surface area (Å²) in [5, 5.41) is 19.5. The number of nitrogens with one attached hydrogen (secondary N) is 1. The van der Waals surface area contributed by atoms with Crippen molar-refractivity contribution in [1.82, 2.24) is 5.32 Å². The summed E-state index contributed by atoms with van der Waals surface area (Å²) in [7, 11) is 0. The van der Waals surface area contributed by atoms with Gasteiger partial charge in [-0.25, -0.2) is 0 Å². The summed E-state index contributed by atoms with van der Waals surface area (Å²) in [5.74, 6) is -0.336. The minimum Gasteiger partial charge on any atom is -0.394 e. The van der Waals surface area contributed by atoms with Crippen LogP contribution in [0.4, 0.5) is 0 Å². The van der Waals surface area contributed by atoms with E-state index in [1.807, 2.05) is 0 Å². The molecule has 11 heavy (non-hydrogen) atoms. The van der Waals surface area contributed by atoms with Gasteiger partial charge in [0.2, 0.25) is 5.91 Å². The summed E-state index contributed by atoms with van der Waals surface area (Å²) >= 11 is 0. The van der Waals surface area contributed by atoms with Crippen molar-refractivity contribution in [2.24, 2.45) is 5.73 Å². The molecule has 0 aromatic heterocycles. The quantitative estimate of drug-likeness (QED) is 0.377. The third kappa shape index (κ3) is 4.72. The number of aliphatic hydroxyl groups is 2. The molecule has 0 fully saturated rings. The van der Waals surface area contributed by atoms with Gasteiger partial charge in [0.1, 0.15) is 0 Å². The molecule has 1 unspecified atom stereocenters. The Morgan fingerprint density at radius 2 is 2.27 bits per heavy atom. The van der Waals surface area contributed by atoms with E-state index in [1.165, 1.54) is 0 Å². The van der Waals surface area contributed by atoms with E-state index in [9.17, 15) is 4.79 Å². The highest BCUT2D eigenvalue weighted by Gasteiger charge is 2.08. The van der Waals surface area contributed by atoms with Gasteiger partial charge in [0.15, 0.2) is 0 Å². The molecule has 5 nitrogen and oxygen atoms in total. The highest BCUT2D eigenvalue weighted by atomic mass is 16.3. The molecule has 0 radical (unpaired) electrons. The van der Waals surface area contributed by atoms with Crippen LogP contribution in [-0.4, -0.2) is 41.4 Å². The molecule has 0 aliphatic heterocycles. The van der Waals surface area contributed by atoms with Gasteiger partial charge < -0.3 is 21.3 Å². The van der Waals surface area contributed by atoms with Crippen molar-refractivity contribution >= 4 is 5.91 Å². The Hall–Kier alpha value is -0.650. The second kappa shape index (κ2) is 5.06. The molecule has 0 saturated carbocycles. The van der Waals surface area contributed by atoms with Crippen molar-refractivity contribution in [2.75, 3.05) is 13.2 Å². The zero-order valence-electron chi connectivity index (χ0n) is 6.45. The highest BCUT2D eigenvalue weighted by molar-refractivity contribution is 5.80. The maximum absolute atomic E-state index is 10.7.